The fourth-order valence-electron chi connectivity index (χ4n) is 1.77. The first-order chi connectivity index (χ1) is 9.43. The van der Waals surface area contributed by atoms with Crippen LogP contribution in [0.2, 0.25) is 0 Å². The molecule has 1 N–H and O–H groups in total. The van der Waals surface area contributed by atoms with Crippen molar-refractivity contribution < 1.29 is 19.6 Å². The first-order valence-electron chi connectivity index (χ1n) is 6.17. The van der Waals surface area contributed by atoms with Crippen molar-refractivity contribution in [3.05, 3.63) is 39.9 Å². The van der Waals surface area contributed by atoms with Crippen LogP contribution in [0.1, 0.15) is 18.9 Å². The lowest BCUT2D eigenvalue weighted by Gasteiger charge is -2.18. The highest BCUT2D eigenvalue weighted by Crippen LogP contribution is 2.14. The Labute approximate surface area is 116 Å². The molecule has 1 rings (SSSR count). The minimum Gasteiger partial charge on any atom is -0.480 e. The Balaban J connectivity index is 2.62. The molecule has 0 radical (unpaired) electrons. The molecule has 0 aromatic heterocycles. The van der Waals surface area contributed by atoms with Crippen molar-refractivity contribution in [3.8, 4) is 0 Å². The SMILES string of the molecule is CCN(CC(=O)O)C(=O)CCc1cccc([N+](=O)[O-])c1. The Bertz CT molecular complexity index is 515. The molecule has 0 aliphatic rings. The number of hydrogen-bond acceptors (Lipinski definition) is 4. The molecule has 0 spiro atoms. The lowest BCUT2D eigenvalue weighted by atomic mass is 10.1. The summed E-state index contributed by atoms with van der Waals surface area (Å²) in [5.74, 6) is -1.34. The number of aliphatic carboxylic acids is 1. The number of carbonyl (C=O) groups is 2. The Morgan fingerprint density at radius 2 is 2.10 bits per heavy atom. The van der Waals surface area contributed by atoms with Crippen LogP contribution in [0.5, 0.6) is 0 Å². The average molecular weight is 280 g/mol. The lowest BCUT2D eigenvalue weighted by molar-refractivity contribution is -0.384. The van der Waals surface area contributed by atoms with Gasteiger partial charge in [-0.05, 0) is 18.9 Å². The number of benzene rings is 1. The molecule has 108 valence electrons. The van der Waals surface area contributed by atoms with E-state index in [0.717, 1.165) is 0 Å². The molecule has 0 atom stereocenters. The maximum absolute atomic E-state index is 11.8. The molecule has 7 nitrogen and oxygen atoms in total. The van der Waals surface area contributed by atoms with Crippen LogP contribution in [-0.2, 0) is 16.0 Å². The number of nitro benzene ring substituents is 1. The number of rotatable bonds is 7. The molecule has 0 saturated heterocycles. The lowest BCUT2D eigenvalue weighted by Crippen LogP contribution is -2.35. The van der Waals surface area contributed by atoms with E-state index < -0.39 is 10.9 Å². The van der Waals surface area contributed by atoms with Gasteiger partial charge in [0.05, 0.1) is 4.92 Å². The van der Waals surface area contributed by atoms with Crippen LogP contribution < -0.4 is 0 Å². The minimum atomic E-state index is -1.06. The van der Waals surface area contributed by atoms with Gasteiger partial charge in [-0.15, -0.1) is 0 Å². The Morgan fingerprint density at radius 3 is 2.65 bits per heavy atom. The third-order valence-corrected chi connectivity index (χ3v) is 2.81. The molecule has 0 fully saturated rings. The Morgan fingerprint density at radius 1 is 1.40 bits per heavy atom. The van der Waals surface area contributed by atoms with E-state index >= 15 is 0 Å². The van der Waals surface area contributed by atoms with Crippen LogP contribution in [-0.4, -0.2) is 39.9 Å². The quantitative estimate of drug-likeness (QED) is 0.602. The van der Waals surface area contributed by atoms with Gasteiger partial charge in [-0.25, -0.2) is 0 Å². The Kier molecular flexibility index (Phi) is 5.64. The molecule has 7 heteroatoms. The summed E-state index contributed by atoms with van der Waals surface area (Å²) in [6, 6.07) is 6.06. The third-order valence-electron chi connectivity index (χ3n) is 2.81. The molecule has 0 aliphatic heterocycles. The van der Waals surface area contributed by atoms with Crippen molar-refractivity contribution in [2.45, 2.75) is 19.8 Å². The second-order valence-electron chi connectivity index (χ2n) is 4.23. The first kappa shape index (κ1) is 15.6. The summed E-state index contributed by atoms with van der Waals surface area (Å²) >= 11 is 0. The number of carboxylic acids is 1. The molecule has 0 aliphatic carbocycles. The zero-order chi connectivity index (χ0) is 15.1. The van der Waals surface area contributed by atoms with Gasteiger partial charge < -0.3 is 10.0 Å². The van der Waals surface area contributed by atoms with Gasteiger partial charge in [0, 0.05) is 25.1 Å². The number of hydrogen-bond donors (Lipinski definition) is 1. The minimum absolute atomic E-state index is 0.0205. The van der Waals surface area contributed by atoms with Gasteiger partial charge in [-0.3, -0.25) is 19.7 Å². The van der Waals surface area contributed by atoms with E-state index in [2.05, 4.69) is 0 Å². The van der Waals surface area contributed by atoms with Crippen molar-refractivity contribution >= 4 is 17.6 Å². The molecular weight excluding hydrogens is 264 g/mol. The summed E-state index contributed by atoms with van der Waals surface area (Å²) in [5.41, 5.74) is 0.659. The number of non-ortho nitro benzene ring substituents is 1. The van der Waals surface area contributed by atoms with Gasteiger partial charge in [-0.2, -0.15) is 0 Å². The van der Waals surface area contributed by atoms with Crippen molar-refractivity contribution in [2.24, 2.45) is 0 Å². The summed E-state index contributed by atoms with van der Waals surface area (Å²) < 4.78 is 0. The highest BCUT2D eigenvalue weighted by molar-refractivity contribution is 5.81. The van der Waals surface area contributed by atoms with E-state index in [4.69, 9.17) is 5.11 Å². The number of carboxylic acid groups (broad SMARTS) is 1. The average Bonchev–Trinajstić information content (AvgIpc) is 2.42. The largest absolute Gasteiger partial charge is 0.480 e. The van der Waals surface area contributed by atoms with Gasteiger partial charge >= 0.3 is 5.97 Å². The number of nitrogens with zero attached hydrogens (tertiary/aromatic N) is 2. The molecule has 0 bridgehead atoms. The second kappa shape index (κ2) is 7.22. The van der Waals surface area contributed by atoms with Gasteiger partial charge in [-0.1, -0.05) is 12.1 Å². The van der Waals surface area contributed by atoms with Crippen LogP contribution >= 0.6 is 0 Å². The molecule has 1 amide bonds. The van der Waals surface area contributed by atoms with Crippen LogP contribution in [0.4, 0.5) is 5.69 Å². The first-order valence-corrected chi connectivity index (χ1v) is 6.17. The summed E-state index contributed by atoms with van der Waals surface area (Å²) in [5, 5.41) is 19.3. The van der Waals surface area contributed by atoms with Crippen molar-refractivity contribution in [1.82, 2.24) is 4.90 Å². The fourth-order valence-corrected chi connectivity index (χ4v) is 1.77. The maximum Gasteiger partial charge on any atom is 0.323 e. The summed E-state index contributed by atoms with van der Waals surface area (Å²) in [4.78, 5) is 33.8. The smallest absolute Gasteiger partial charge is 0.323 e. The predicted molar refractivity (Wildman–Crippen MR) is 71.3 cm³/mol. The second-order valence-corrected chi connectivity index (χ2v) is 4.23. The van der Waals surface area contributed by atoms with E-state index in [1.807, 2.05) is 0 Å². The van der Waals surface area contributed by atoms with Gasteiger partial charge in [0.25, 0.3) is 5.69 Å². The van der Waals surface area contributed by atoms with Crippen LogP contribution in [0.3, 0.4) is 0 Å². The summed E-state index contributed by atoms with van der Waals surface area (Å²) in [6.07, 6.45) is 0.471. The zero-order valence-corrected chi connectivity index (χ0v) is 11.1. The van der Waals surface area contributed by atoms with Crippen molar-refractivity contribution in [3.63, 3.8) is 0 Å². The number of nitro groups is 1. The van der Waals surface area contributed by atoms with Crippen molar-refractivity contribution in [1.29, 1.82) is 0 Å². The predicted octanol–water partition coefficient (Wildman–Crippen LogP) is 1.46. The summed E-state index contributed by atoms with van der Waals surface area (Å²) in [7, 11) is 0. The molecule has 0 unspecified atom stereocenters. The van der Waals surface area contributed by atoms with Crippen molar-refractivity contribution in [2.75, 3.05) is 13.1 Å². The van der Waals surface area contributed by atoms with Crippen LogP contribution in [0.15, 0.2) is 24.3 Å². The van der Waals surface area contributed by atoms with Crippen LogP contribution in [0, 0.1) is 10.1 Å². The molecule has 0 heterocycles. The summed E-state index contributed by atoms with van der Waals surface area (Å²) in [6.45, 7) is 1.69. The normalized spacial score (nSPS) is 10.1. The molecule has 1 aromatic carbocycles. The van der Waals surface area contributed by atoms with E-state index in [-0.39, 0.29) is 24.6 Å². The molecular formula is C13H16N2O5. The molecule has 1 aromatic rings. The van der Waals surface area contributed by atoms with E-state index in [9.17, 15) is 19.7 Å². The van der Waals surface area contributed by atoms with Gasteiger partial charge in [0.15, 0.2) is 0 Å². The zero-order valence-electron chi connectivity index (χ0n) is 11.1. The van der Waals surface area contributed by atoms with E-state index in [1.54, 1.807) is 19.1 Å². The molecule has 20 heavy (non-hydrogen) atoms. The van der Waals surface area contributed by atoms with Gasteiger partial charge in [0.2, 0.25) is 5.91 Å². The standard InChI is InChI=1S/C13H16N2O5/c1-2-14(9-13(17)18)12(16)7-6-10-4-3-5-11(8-10)15(19)20/h3-5,8H,2,6-7,9H2,1H3,(H,17,18). The monoisotopic (exact) mass is 280 g/mol. The third kappa shape index (κ3) is 4.68. The highest BCUT2D eigenvalue weighted by atomic mass is 16.6. The molecule has 0 saturated carbocycles. The van der Waals surface area contributed by atoms with Gasteiger partial charge in [0.1, 0.15) is 6.54 Å². The maximum atomic E-state index is 11.8. The number of amides is 1. The number of likely N-dealkylation sites (N-methyl/N-ethyl adjacent to an activating group) is 1. The number of carbonyl (C=O) groups excluding carboxylic acids is 1. The topological polar surface area (TPSA) is 101 Å². The van der Waals surface area contributed by atoms with Crippen LogP contribution in [0.25, 0.3) is 0 Å². The number of aryl methyl sites for hydroxylation is 1. The van der Waals surface area contributed by atoms with E-state index in [1.165, 1.54) is 17.0 Å². The Hall–Kier alpha value is -2.44. The fraction of sp³-hybridized carbons (Fsp3) is 0.385. The van der Waals surface area contributed by atoms with E-state index in [0.29, 0.717) is 18.5 Å². The highest BCUT2D eigenvalue weighted by Gasteiger charge is 2.15.